The lowest BCUT2D eigenvalue weighted by Crippen LogP contribution is -2.15. The first-order chi connectivity index (χ1) is 9.72. The van der Waals surface area contributed by atoms with E-state index in [2.05, 4.69) is 31.4 Å². The zero-order valence-electron chi connectivity index (χ0n) is 10.6. The van der Waals surface area contributed by atoms with E-state index in [0.717, 1.165) is 9.37 Å². The zero-order valence-corrected chi connectivity index (χ0v) is 13.0. The van der Waals surface area contributed by atoms with Crippen molar-refractivity contribution in [3.05, 3.63) is 40.5 Å². The van der Waals surface area contributed by atoms with Crippen LogP contribution >= 0.6 is 27.7 Å². The molecule has 5 nitrogen and oxygen atoms in total. The molecule has 106 valence electrons. The Morgan fingerprint density at radius 3 is 3.05 bits per heavy atom. The molecule has 2 aromatic rings. The SMILES string of the molecule is OC1CNC(c2nc(CSc3ccccc3Br)no2)C1. The molecule has 2 unspecified atom stereocenters. The molecule has 7 heteroatoms. The van der Waals surface area contributed by atoms with Gasteiger partial charge in [-0.1, -0.05) is 17.3 Å². The van der Waals surface area contributed by atoms with Crippen LogP contribution in [0.3, 0.4) is 0 Å². The first-order valence-electron chi connectivity index (χ1n) is 6.33. The minimum atomic E-state index is -0.329. The van der Waals surface area contributed by atoms with Gasteiger partial charge in [-0.25, -0.2) is 0 Å². The number of aliphatic hydroxyl groups is 1. The van der Waals surface area contributed by atoms with Crippen molar-refractivity contribution < 1.29 is 9.63 Å². The maximum Gasteiger partial charge on any atom is 0.243 e. The third-order valence-electron chi connectivity index (χ3n) is 3.08. The fourth-order valence-corrected chi connectivity index (χ4v) is 3.49. The fourth-order valence-electron chi connectivity index (χ4n) is 2.08. The molecule has 0 amide bonds. The Bertz CT molecular complexity index is 593. The molecule has 1 saturated heterocycles. The number of aliphatic hydroxyl groups excluding tert-OH is 1. The van der Waals surface area contributed by atoms with Crippen LogP contribution in [0.2, 0.25) is 0 Å². The minimum Gasteiger partial charge on any atom is -0.392 e. The molecular formula is C13H14BrN3O2S. The highest BCUT2D eigenvalue weighted by Gasteiger charge is 2.28. The van der Waals surface area contributed by atoms with Crippen molar-refractivity contribution in [2.75, 3.05) is 6.54 Å². The summed E-state index contributed by atoms with van der Waals surface area (Å²) in [4.78, 5) is 5.53. The molecule has 1 aliphatic rings. The lowest BCUT2D eigenvalue weighted by molar-refractivity contribution is 0.191. The second-order valence-corrected chi connectivity index (χ2v) is 6.49. The maximum atomic E-state index is 9.49. The van der Waals surface area contributed by atoms with Crippen LogP contribution in [-0.4, -0.2) is 27.9 Å². The molecule has 3 rings (SSSR count). The van der Waals surface area contributed by atoms with Gasteiger partial charge in [0, 0.05) is 15.9 Å². The summed E-state index contributed by atoms with van der Waals surface area (Å²) < 4.78 is 6.32. The highest BCUT2D eigenvalue weighted by Crippen LogP contribution is 2.29. The van der Waals surface area contributed by atoms with E-state index in [1.807, 2.05) is 24.3 Å². The van der Waals surface area contributed by atoms with E-state index < -0.39 is 0 Å². The largest absolute Gasteiger partial charge is 0.392 e. The normalized spacial score (nSPS) is 22.3. The summed E-state index contributed by atoms with van der Waals surface area (Å²) >= 11 is 5.17. The molecule has 1 fully saturated rings. The predicted molar refractivity (Wildman–Crippen MR) is 79.4 cm³/mol. The van der Waals surface area contributed by atoms with Crippen molar-refractivity contribution in [3.8, 4) is 0 Å². The number of hydrogen-bond donors (Lipinski definition) is 2. The first kappa shape index (κ1) is 14.1. The van der Waals surface area contributed by atoms with E-state index in [1.54, 1.807) is 11.8 Å². The van der Waals surface area contributed by atoms with E-state index in [-0.39, 0.29) is 12.1 Å². The van der Waals surface area contributed by atoms with Crippen molar-refractivity contribution in [2.24, 2.45) is 0 Å². The van der Waals surface area contributed by atoms with Gasteiger partial charge in [-0.3, -0.25) is 0 Å². The second kappa shape index (κ2) is 6.26. The van der Waals surface area contributed by atoms with Crippen LogP contribution < -0.4 is 5.32 Å². The molecule has 0 aliphatic carbocycles. The van der Waals surface area contributed by atoms with Gasteiger partial charge >= 0.3 is 0 Å². The smallest absolute Gasteiger partial charge is 0.243 e. The molecule has 0 bridgehead atoms. The van der Waals surface area contributed by atoms with Crippen LogP contribution in [0.15, 0.2) is 38.2 Å². The van der Waals surface area contributed by atoms with Gasteiger partial charge in [0.15, 0.2) is 5.82 Å². The molecule has 20 heavy (non-hydrogen) atoms. The zero-order chi connectivity index (χ0) is 13.9. The van der Waals surface area contributed by atoms with Gasteiger partial charge < -0.3 is 14.9 Å². The van der Waals surface area contributed by atoms with Crippen LogP contribution in [0.4, 0.5) is 0 Å². The van der Waals surface area contributed by atoms with Crippen molar-refractivity contribution in [2.45, 2.75) is 29.2 Å². The minimum absolute atomic E-state index is 0.0280. The quantitative estimate of drug-likeness (QED) is 0.821. The lowest BCUT2D eigenvalue weighted by atomic mass is 10.2. The van der Waals surface area contributed by atoms with Crippen molar-refractivity contribution in [1.29, 1.82) is 0 Å². The monoisotopic (exact) mass is 355 g/mol. The number of β-amino-alcohol motifs (C(OH)–C–C–N with tert-alkyl or cyclic N) is 1. The first-order valence-corrected chi connectivity index (χ1v) is 8.11. The van der Waals surface area contributed by atoms with Crippen molar-refractivity contribution in [1.82, 2.24) is 15.5 Å². The van der Waals surface area contributed by atoms with E-state index in [1.165, 1.54) is 0 Å². The molecule has 2 heterocycles. The number of aromatic nitrogens is 2. The van der Waals surface area contributed by atoms with E-state index in [9.17, 15) is 5.11 Å². The number of thioether (sulfide) groups is 1. The fraction of sp³-hybridized carbons (Fsp3) is 0.385. The van der Waals surface area contributed by atoms with E-state index >= 15 is 0 Å². The summed E-state index contributed by atoms with van der Waals surface area (Å²) in [5, 5.41) is 16.6. The molecule has 0 saturated carbocycles. The van der Waals surface area contributed by atoms with Gasteiger partial charge in [0.25, 0.3) is 0 Å². The van der Waals surface area contributed by atoms with Crippen LogP contribution in [0.25, 0.3) is 0 Å². The van der Waals surface area contributed by atoms with Gasteiger partial charge in [0.2, 0.25) is 5.89 Å². The van der Waals surface area contributed by atoms with Gasteiger partial charge in [0.1, 0.15) is 0 Å². The van der Waals surface area contributed by atoms with Gasteiger partial charge in [-0.2, -0.15) is 4.98 Å². The topological polar surface area (TPSA) is 71.2 Å². The predicted octanol–water partition coefficient (Wildman–Crippen LogP) is 2.52. The Morgan fingerprint density at radius 2 is 2.30 bits per heavy atom. The van der Waals surface area contributed by atoms with Crippen LogP contribution in [-0.2, 0) is 5.75 Å². The Hall–Kier alpha value is -0.890. The summed E-state index contributed by atoms with van der Waals surface area (Å²) in [6.45, 7) is 0.577. The van der Waals surface area contributed by atoms with Gasteiger partial charge in [-0.05, 0) is 34.5 Å². The maximum absolute atomic E-state index is 9.49. The highest BCUT2D eigenvalue weighted by molar-refractivity contribution is 9.10. The Labute approximate surface area is 129 Å². The number of benzene rings is 1. The summed E-state index contributed by atoms with van der Waals surface area (Å²) in [6, 6.07) is 8.01. The Balaban J connectivity index is 1.62. The van der Waals surface area contributed by atoms with Crippen LogP contribution in [0.1, 0.15) is 24.2 Å². The molecule has 1 aromatic heterocycles. The van der Waals surface area contributed by atoms with E-state index in [4.69, 9.17) is 4.52 Å². The Kier molecular flexibility index (Phi) is 4.40. The summed E-state index contributed by atoms with van der Waals surface area (Å²) in [5.41, 5.74) is 0. The molecule has 0 radical (unpaired) electrons. The Morgan fingerprint density at radius 1 is 1.45 bits per heavy atom. The van der Waals surface area contributed by atoms with Crippen molar-refractivity contribution in [3.63, 3.8) is 0 Å². The lowest BCUT2D eigenvalue weighted by Gasteiger charge is -2.02. The van der Waals surface area contributed by atoms with E-state index in [0.29, 0.717) is 30.4 Å². The number of nitrogens with one attached hydrogen (secondary N) is 1. The summed E-state index contributed by atoms with van der Waals surface area (Å²) in [7, 11) is 0. The molecule has 0 spiro atoms. The van der Waals surface area contributed by atoms with Crippen molar-refractivity contribution >= 4 is 27.7 Å². The average Bonchev–Trinajstić information content (AvgIpc) is 3.06. The number of nitrogens with zero attached hydrogens (tertiary/aromatic N) is 2. The molecular weight excluding hydrogens is 342 g/mol. The molecule has 2 N–H and O–H groups in total. The van der Waals surface area contributed by atoms with Crippen LogP contribution in [0.5, 0.6) is 0 Å². The summed E-state index contributed by atoms with van der Waals surface area (Å²) in [5.74, 6) is 1.88. The highest BCUT2D eigenvalue weighted by atomic mass is 79.9. The standard InChI is InChI=1S/C13H14BrN3O2S/c14-9-3-1-2-4-11(9)20-7-12-16-13(19-17-12)10-5-8(18)6-15-10/h1-4,8,10,15,18H,5-7H2. The van der Waals surface area contributed by atoms with Gasteiger partial charge in [0.05, 0.1) is 17.9 Å². The molecule has 1 aliphatic heterocycles. The molecule has 2 atom stereocenters. The number of halogens is 1. The number of rotatable bonds is 4. The van der Waals surface area contributed by atoms with Crippen LogP contribution in [0, 0.1) is 0 Å². The van der Waals surface area contributed by atoms with Gasteiger partial charge in [-0.15, -0.1) is 11.8 Å². The number of hydrogen-bond acceptors (Lipinski definition) is 6. The third kappa shape index (κ3) is 3.22. The molecule has 1 aromatic carbocycles. The average molecular weight is 356 g/mol. The second-order valence-electron chi connectivity index (χ2n) is 4.62. The third-order valence-corrected chi connectivity index (χ3v) is 5.11. The summed E-state index contributed by atoms with van der Waals surface area (Å²) in [6.07, 6.45) is 0.295.